The van der Waals surface area contributed by atoms with Gasteiger partial charge in [0.2, 0.25) is 0 Å². The van der Waals surface area contributed by atoms with E-state index in [2.05, 4.69) is 59.4 Å². The highest BCUT2D eigenvalue weighted by Gasteiger charge is 2.09. The molecule has 0 aliphatic carbocycles. The second-order valence-electron chi connectivity index (χ2n) is 4.62. The Balaban J connectivity index is 0.000000392. The lowest BCUT2D eigenvalue weighted by Gasteiger charge is -2.12. The summed E-state index contributed by atoms with van der Waals surface area (Å²) in [4.78, 5) is 7.93. The van der Waals surface area contributed by atoms with Gasteiger partial charge >= 0.3 is 7.12 Å². The van der Waals surface area contributed by atoms with Crippen LogP contribution in [0, 0.1) is 6.92 Å². The van der Waals surface area contributed by atoms with E-state index in [9.17, 15) is 0 Å². The van der Waals surface area contributed by atoms with E-state index < -0.39 is 7.12 Å². The van der Waals surface area contributed by atoms with Gasteiger partial charge < -0.3 is 14.9 Å². The minimum atomic E-state index is -1.37. The highest BCUT2D eigenvalue weighted by Crippen LogP contribution is 2.17. The lowest BCUT2D eigenvalue weighted by molar-refractivity contribution is 0.426. The number of anilines is 1. The predicted molar refractivity (Wildman–Crippen MR) is 115 cm³/mol. The van der Waals surface area contributed by atoms with E-state index in [1.807, 2.05) is 49.0 Å². The van der Waals surface area contributed by atoms with Gasteiger partial charge in [-0.3, -0.25) is 0 Å². The molecule has 126 valence electrons. The first kappa shape index (κ1) is 22.8. The monoisotopic (exact) mass is 556 g/mol. The van der Waals surface area contributed by atoms with Crippen molar-refractivity contribution in [2.24, 2.45) is 0 Å². The summed E-state index contributed by atoms with van der Waals surface area (Å²) >= 11 is 8.76. The summed E-state index contributed by atoms with van der Waals surface area (Å²) in [5.74, 6) is 0. The summed E-state index contributed by atoms with van der Waals surface area (Å²) in [6.45, 7) is 2.02. The maximum Gasteiger partial charge on any atom is 0.488 e. The second-order valence-corrected chi connectivity index (χ2v) is 6.28. The summed E-state index contributed by atoms with van der Waals surface area (Å²) in [7, 11) is 2.50. The second kappa shape index (κ2) is 12.2. The van der Waals surface area contributed by atoms with Crippen LogP contribution in [-0.2, 0) is 0 Å². The molecular weight excluding hydrogens is 538 g/mol. The number of hydrogen-bond acceptors (Lipinski definition) is 4. The van der Waals surface area contributed by atoms with Gasteiger partial charge in [0.05, 0.1) is 0 Å². The number of aromatic nitrogens is 1. The Kier molecular flexibility index (Phi) is 12.2. The van der Waals surface area contributed by atoms with Gasteiger partial charge in [-0.05, 0) is 72.9 Å². The maximum absolute atomic E-state index is 8.80. The van der Waals surface area contributed by atoms with E-state index in [0.29, 0.717) is 5.46 Å². The molecule has 0 unspecified atom stereocenters. The van der Waals surface area contributed by atoms with Gasteiger partial charge in [0.1, 0.15) is 4.60 Å². The molecule has 23 heavy (non-hydrogen) atoms. The molecule has 0 saturated heterocycles. The normalized spacial score (nSPS) is 9.09. The topological polar surface area (TPSA) is 56.6 Å². The van der Waals surface area contributed by atoms with Crippen molar-refractivity contribution in [2.75, 3.05) is 23.9 Å². The van der Waals surface area contributed by atoms with E-state index in [1.165, 1.54) is 5.56 Å². The van der Waals surface area contributed by atoms with Crippen LogP contribution in [0.4, 0.5) is 5.69 Å². The zero-order valence-electron chi connectivity index (χ0n) is 13.5. The summed E-state index contributed by atoms with van der Waals surface area (Å²) < 4.78 is 1.92. The summed E-state index contributed by atoms with van der Waals surface area (Å²) in [5.41, 5.74) is 2.75. The third-order valence-corrected chi connectivity index (χ3v) is 3.99. The molecular formula is C15H20BBr2IN2O2. The molecule has 2 aromatic rings. The highest BCUT2D eigenvalue weighted by molar-refractivity contribution is 14.1. The highest BCUT2D eigenvalue weighted by atomic mass is 127. The Labute approximate surface area is 168 Å². The van der Waals surface area contributed by atoms with Gasteiger partial charge in [-0.1, -0.05) is 34.7 Å². The molecule has 0 aliphatic heterocycles. The lowest BCUT2D eigenvalue weighted by atomic mass is 9.80. The third kappa shape index (κ3) is 9.04. The Morgan fingerprint density at radius 1 is 1.09 bits per heavy atom. The molecule has 0 amide bonds. The van der Waals surface area contributed by atoms with Gasteiger partial charge in [-0.15, -0.1) is 0 Å². The molecule has 2 N–H and O–H groups in total. The van der Waals surface area contributed by atoms with E-state index in [1.54, 1.807) is 18.3 Å². The smallest absolute Gasteiger partial charge is 0.423 e. The van der Waals surface area contributed by atoms with Crippen molar-refractivity contribution in [2.45, 2.75) is 6.92 Å². The van der Waals surface area contributed by atoms with Crippen LogP contribution in [0.15, 0.2) is 45.6 Å². The standard InChI is InChI=1S/C8H12BNO2.C6H5Br2N.CH3I/c1-10(2)8-5-3-7(4-6-8)9(11)12;1-4-2-6(8)9-3-5(4)7;1-2/h3-6,11-12H,1-2H3;2-3H,1H3;1H3. The molecule has 0 saturated carbocycles. The number of benzene rings is 1. The zero-order chi connectivity index (χ0) is 18.0. The van der Waals surface area contributed by atoms with Crippen molar-refractivity contribution in [3.05, 3.63) is 51.2 Å². The number of nitrogens with zero attached hydrogens (tertiary/aromatic N) is 2. The molecule has 0 radical (unpaired) electrons. The first-order valence-corrected chi connectivity index (χ1v) is 10.3. The van der Waals surface area contributed by atoms with Crippen LogP contribution in [0.3, 0.4) is 0 Å². The first-order chi connectivity index (χ1) is 10.8. The van der Waals surface area contributed by atoms with Crippen LogP contribution in [0.2, 0.25) is 0 Å². The molecule has 0 spiro atoms. The Hall–Kier alpha value is -0.155. The quantitative estimate of drug-likeness (QED) is 0.257. The molecule has 0 bridgehead atoms. The van der Waals surface area contributed by atoms with Crippen molar-refractivity contribution in [3.8, 4) is 0 Å². The van der Waals surface area contributed by atoms with Crippen molar-refractivity contribution in [1.29, 1.82) is 0 Å². The van der Waals surface area contributed by atoms with E-state index in [-0.39, 0.29) is 0 Å². The average molecular weight is 558 g/mol. The molecule has 4 nitrogen and oxygen atoms in total. The van der Waals surface area contributed by atoms with Crippen LogP contribution in [0.25, 0.3) is 0 Å². The summed E-state index contributed by atoms with van der Waals surface area (Å²) in [6, 6.07) is 9.04. The van der Waals surface area contributed by atoms with Crippen molar-refractivity contribution in [3.63, 3.8) is 0 Å². The fraction of sp³-hybridized carbons (Fsp3) is 0.267. The maximum atomic E-state index is 8.80. The number of hydrogen-bond donors (Lipinski definition) is 2. The number of aryl methyl sites for hydroxylation is 1. The van der Waals surface area contributed by atoms with Crippen LogP contribution in [-0.4, -0.2) is 41.2 Å². The van der Waals surface area contributed by atoms with Gasteiger partial charge in [0, 0.05) is 30.5 Å². The molecule has 1 heterocycles. The minimum Gasteiger partial charge on any atom is -0.423 e. The number of halogens is 3. The SMILES string of the molecule is CI.CN(C)c1ccc(B(O)O)cc1.Cc1cc(Br)ncc1Br. The molecule has 0 aliphatic rings. The Morgan fingerprint density at radius 3 is 1.96 bits per heavy atom. The average Bonchev–Trinajstić information content (AvgIpc) is 2.54. The first-order valence-electron chi connectivity index (χ1n) is 6.60. The molecule has 1 aromatic carbocycles. The van der Waals surface area contributed by atoms with Crippen molar-refractivity contribution < 1.29 is 10.0 Å². The third-order valence-electron chi connectivity index (χ3n) is 2.72. The molecule has 0 atom stereocenters. The molecule has 1 aromatic heterocycles. The van der Waals surface area contributed by atoms with Crippen molar-refractivity contribution >= 4 is 72.7 Å². The summed E-state index contributed by atoms with van der Waals surface area (Å²) in [5, 5.41) is 17.6. The number of pyridine rings is 1. The molecule has 0 fully saturated rings. The van der Waals surface area contributed by atoms with Gasteiger partial charge in [0.15, 0.2) is 0 Å². The molecule has 8 heteroatoms. The van der Waals surface area contributed by atoms with Gasteiger partial charge in [0.25, 0.3) is 0 Å². The van der Waals surface area contributed by atoms with Crippen LogP contribution in [0.5, 0.6) is 0 Å². The molecule has 2 rings (SSSR count). The largest absolute Gasteiger partial charge is 0.488 e. The Bertz CT molecular complexity index is 557. The zero-order valence-corrected chi connectivity index (χ0v) is 18.8. The van der Waals surface area contributed by atoms with E-state index in [0.717, 1.165) is 14.8 Å². The van der Waals surface area contributed by atoms with E-state index in [4.69, 9.17) is 10.0 Å². The summed E-state index contributed by atoms with van der Waals surface area (Å²) in [6.07, 6.45) is 1.78. The van der Waals surface area contributed by atoms with Crippen LogP contribution >= 0.6 is 54.5 Å². The van der Waals surface area contributed by atoms with Gasteiger partial charge in [-0.25, -0.2) is 4.98 Å². The number of alkyl halides is 1. The Morgan fingerprint density at radius 2 is 1.61 bits per heavy atom. The predicted octanol–water partition coefficient (Wildman–Crippen LogP) is 3.40. The fourth-order valence-corrected chi connectivity index (χ4v) is 2.11. The van der Waals surface area contributed by atoms with Gasteiger partial charge in [-0.2, -0.15) is 0 Å². The van der Waals surface area contributed by atoms with Crippen molar-refractivity contribution in [1.82, 2.24) is 4.98 Å². The fourth-order valence-electron chi connectivity index (χ4n) is 1.45. The number of rotatable bonds is 2. The van der Waals surface area contributed by atoms with Crippen LogP contribution < -0.4 is 10.4 Å². The van der Waals surface area contributed by atoms with Crippen LogP contribution in [0.1, 0.15) is 5.56 Å². The minimum absolute atomic E-state index is 0.514. The lowest BCUT2D eigenvalue weighted by Crippen LogP contribution is -2.29. The van der Waals surface area contributed by atoms with E-state index >= 15 is 0 Å².